The molecule has 7 rings (SSSR count). The summed E-state index contributed by atoms with van der Waals surface area (Å²) in [5.41, 5.74) is 6.70. The molecule has 3 aliphatic rings. The maximum Gasteiger partial charge on any atom is 0.418 e. The number of halogens is 4. The van der Waals surface area contributed by atoms with Crippen molar-refractivity contribution in [3.8, 4) is 0 Å². The Morgan fingerprint density at radius 3 is 2.71 bits per heavy atom. The molecule has 3 aromatic heterocycles. The number of hydrogen-bond acceptors (Lipinski definition) is 8. The van der Waals surface area contributed by atoms with Gasteiger partial charge in [0.15, 0.2) is 28.7 Å². The lowest BCUT2D eigenvalue weighted by Crippen LogP contribution is -2.67. The highest BCUT2D eigenvalue weighted by atomic mass is 35.5. The van der Waals surface area contributed by atoms with Crippen molar-refractivity contribution in [3.63, 3.8) is 0 Å². The number of alkyl halides is 3. The van der Waals surface area contributed by atoms with Crippen LogP contribution in [0.25, 0.3) is 22.2 Å². The lowest BCUT2D eigenvalue weighted by molar-refractivity contribution is -0.749. The fourth-order valence-electron chi connectivity index (χ4n) is 7.19. The van der Waals surface area contributed by atoms with Gasteiger partial charge in [-0.3, -0.25) is 9.47 Å². The fourth-order valence-corrected chi connectivity index (χ4v) is 7.46. The normalized spacial score (nSPS) is 29.4. The summed E-state index contributed by atoms with van der Waals surface area (Å²) < 4.78 is 50.3. The third-order valence-corrected chi connectivity index (χ3v) is 9.55. The zero-order chi connectivity index (χ0) is 29.7. The van der Waals surface area contributed by atoms with Gasteiger partial charge in [0.05, 0.1) is 23.3 Å². The number of aromatic nitrogens is 6. The minimum atomic E-state index is -4.53. The first-order chi connectivity index (χ1) is 19.9. The first-order valence-corrected chi connectivity index (χ1v) is 14.3. The number of nitrogens with zero attached hydrogens (tertiary/aromatic N) is 6. The van der Waals surface area contributed by atoms with Gasteiger partial charge in [0.2, 0.25) is 0 Å². The van der Waals surface area contributed by atoms with Gasteiger partial charge < -0.3 is 20.7 Å². The minimum Gasteiger partial charge on any atom is -0.387 e. The van der Waals surface area contributed by atoms with E-state index >= 15 is 0 Å². The molecule has 4 aromatic rings. The molecule has 4 unspecified atom stereocenters. The van der Waals surface area contributed by atoms with E-state index in [1.54, 1.807) is 4.57 Å². The number of nitrogens with one attached hydrogen (secondary N) is 1. The van der Waals surface area contributed by atoms with Crippen molar-refractivity contribution in [3.05, 3.63) is 41.2 Å². The molecule has 0 radical (unpaired) electrons. The largest absolute Gasteiger partial charge is 0.418 e. The molecule has 5 N–H and O–H groups in total. The number of aromatic amines is 1. The Balaban J connectivity index is 1.11. The van der Waals surface area contributed by atoms with Crippen molar-refractivity contribution in [2.75, 3.05) is 12.3 Å². The van der Waals surface area contributed by atoms with Crippen LogP contribution in [0.15, 0.2) is 24.8 Å². The van der Waals surface area contributed by atoms with E-state index in [0.717, 1.165) is 37.6 Å². The smallest absolute Gasteiger partial charge is 0.387 e. The Morgan fingerprint density at radius 2 is 2.00 bits per heavy atom. The van der Waals surface area contributed by atoms with Crippen LogP contribution in [0.3, 0.4) is 0 Å². The predicted molar refractivity (Wildman–Crippen MR) is 145 cm³/mol. The molecule has 1 saturated heterocycles. The second-order valence-corrected chi connectivity index (χ2v) is 12.4. The summed E-state index contributed by atoms with van der Waals surface area (Å²) in [5.74, 6) is 1.10. The van der Waals surface area contributed by atoms with Crippen molar-refractivity contribution < 1.29 is 32.7 Å². The number of imidazole rings is 2. The Kier molecular flexibility index (Phi) is 6.27. The van der Waals surface area contributed by atoms with E-state index in [4.69, 9.17) is 22.1 Å². The summed E-state index contributed by atoms with van der Waals surface area (Å²) in [6.45, 7) is 4.52. The Morgan fingerprint density at radius 1 is 1.24 bits per heavy atom. The Hall–Kier alpha value is -3.04. The SMILES string of the molecule is CC(C)N(CC1OC(n2cnc3c(N)ncnc32)C(O)C1O)C1CC2(CCc3[nH]c4cc(C(F)(F)F)c(Cl)cc4[n+]32)C1. The zero-order valence-corrected chi connectivity index (χ0v) is 23.6. The van der Waals surface area contributed by atoms with Crippen LogP contribution in [0.5, 0.6) is 0 Å². The van der Waals surface area contributed by atoms with E-state index in [0.29, 0.717) is 28.7 Å². The molecule has 0 bridgehead atoms. The number of nitrogen functional groups attached to an aromatic ring is 1. The van der Waals surface area contributed by atoms with Gasteiger partial charge in [-0.2, -0.15) is 13.2 Å². The Bertz CT molecular complexity index is 1680. The van der Waals surface area contributed by atoms with E-state index in [1.807, 2.05) is 0 Å². The lowest BCUT2D eigenvalue weighted by Gasteiger charge is -2.50. The van der Waals surface area contributed by atoms with Gasteiger partial charge in [0.25, 0.3) is 5.82 Å². The molecule has 1 spiro atoms. The van der Waals surface area contributed by atoms with Crippen LogP contribution in [0.1, 0.15) is 50.7 Å². The number of ether oxygens (including phenoxy) is 1. The zero-order valence-electron chi connectivity index (χ0n) is 22.9. The highest BCUT2D eigenvalue weighted by Crippen LogP contribution is 2.47. The number of benzene rings is 1. The monoisotopic (exact) mass is 607 g/mol. The number of H-pyrrole nitrogens is 1. The number of anilines is 1. The third-order valence-electron chi connectivity index (χ3n) is 9.23. The minimum absolute atomic E-state index is 0.110. The number of fused-ring (bicyclic) bond motifs is 5. The van der Waals surface area contributed by atoms with Crippen LogP contribution < -0.4 is 10.3 Å². The standard InChI is InChI=1S/C27H30ClF3N8O3/c1-12(2)37(9-18-21(40)22(41)25(42-18)38-11-35-20-23(32)33-10-34-24(20)38)13-7-26(8-13)4-3-19-36-16-5-14(27(29,30)31)15(28)6-17(16)39(19)26/h5-6,10-13,18,21-22,25,40-41H,3-4,7-9H2,1-2H3,(H2,32,33,34)/p+1. The quantitative estimate of drug-likeness (QED) is 0.254. The molecule has 5 heterocycles. The topological polar surface area (TPSA) is 142 Å². The van der Waals surface area contributed by atoms with Crippen molar-refractivity contribution in [2.45, 2.75) is 87.9 Å². The van der Waals surface area contributed by atoms with Crippen molar-refractivity contribution in [1.82, 2.24) is 29.4 Å². The maximum atomic E-state index is 13.5. The van der Waals surface area contributed by atoms with Crippen LogP contribution >= 0.6 is 11.6 Å². The van der Waals surface area contributed by atoms with Crippen molar-refractivity contribution in [1.29, 1.82) is 0 Å². The van der Waals surface area contributed by atoms with Gasteiger partial charge in [0.1, 0.15) is 35.7 Å². The highest BCUT2D eigenvalue weighted by molar-refractivity contribution is 6.32. The molecule has 11 nitrogen and oxygen atoms in total. The van der Waals surface area contributed by atoms with E-state index < -0.39 is 36.3 Å². The van der Waals surface area contributed by atoms with E-state index in [9.17, 15) is 23.4 Å². The molecule has 1 saturated carbocycles. The van der Waals surface area contributed by atoms with Crippen LogP contribution in [0.2, 0.25) is 5.02 Å². The molecule has 0 amide bonds. The number of rotatable bonds is 5. The van der Waals surface area contributed by atoms with Gasteiger partial charge in [-0.1, -0.05) is 11.6 Å². The van der Waals surface area contributed by atoms with E-state index in [2.05, 4.69) is 43.3 Å². The van der Waals surface area contributed by atoms with Crippen LogP contribution in [0.4, 0.5) is 19.0 Å². The van der Waals surface area contributed by atoms with Gasteiger partial charge in [-0.15, -0.1) is 0 Å². The van der Waals surface area contributed by atoms with Gasteiger partial charge >= 0.3 is 6.18 Å². The molecule has 1 aliphatic carbocycles. The van der Waals surface area contributed by atoms with Crippen molar-refractivity contribution >= 4 is 39.6 Å². The summed E-state index contributed by atoms with van der Waals surface area (Å²) in [4.78, 5) is 17.9. The van der Waals surface area contributed by atoms with E-state index in [-0.39, 0.29) is 28.5 Å². The number of aliphatic hydroxyl groups is 2. The number of aryl methyl sites for hydroxylation is 1. The lowest BCUT2D eigenvalue weighted by atomic mass is 9.70. The fraction of sp³-hybridized carbons (Fsp3) is 0.556. The number of hydrogen-bond donors (Lipinski definition) is 4. The third kappa shape index (κ3) is 4.10. The first-order valence-electron chi connectivity index (χ1n) is 13.9. The Labute approximate surface area is 243 Å². The molecule has 42 heavy (non-hydrogen) atoms. The van der Waals surface area contributed by atoms with Crippen LogP contribution in [-0.4, -0.2) is 76.6 Å². The summed E-state index contributed by atoms with van der Waals surface area (Å²) in [6.07, 6.45) is -2.53. The number of nitrogens with two attached hydrogens (primary N) is 1. The molecule has 2 aliphatic heterocycles. The second-order valence-electron chi connectivity index (χ2n) is 12.0. The summed E-state index contributed by atoms with van der Waals surface area (Å²) >= 11 is 6.10. The summed E-state index contributed by atoms with van der Waals surface area (Å²) in [6, 6.07) is 2.77. The molecule has 1 aromatic carbocycles. The second kappa shape index (κ2) is 9.48. The van der Waals surface area contributed by atoms with E-state index in [1.165, 1.54) is 18.7 Å². The molecular formula is C27H31ClF3N8O3+. The average molecular weight is 608 g/mol. The van der Waals surface area contributed by atoms with Crippen molar-refractivity contribution in [2.24, 2.45) is 0 Å². The molecule has 224 valence electrons. The molecule has 4 atom stereocenters. The van der Waals surface area contributed by atoms with Gasteiger partial charge in [-0.25, -0.2) is 24.5 Å². The summed E-state index contributed by atoms with van der Waals surface area (Å²) in [5, 5.41) is 21.6. The number of aliphatic hydroxyl groups excluding tert-OH is 2. The van der Waals surface area contributed by atoms with Crippen LogP contribution in [-0.2, 0) is 22.9 Å². The molecular weight excluding hydrogens is 577 g/mol. The summed E-state index contributed by atoms with van der Waals surface area (Å²) in [7, 11) is 0. The average Bonchev–Trinajstić information content (AvgIpc) is 3.64. The molecule has 2 fully saturated rings. The van der Waals surface area contributed by atoms with Gasteiger partial charge in [0, 0.05) is 50.0 Å². The maximum absolute atomic E-state index is 13.5. The van der Waals surface area contributed by atoms with Crippen LogP contribution in [0, 0.1) is 0 Å². The highest BCUT2D eigenvalue weighted by Gasteiger charge is 2.57. The van der Waals surface area contributed by atoms with Gasteiger partial charge in [-0.05, 0) is 13.8 Å². The molecule has 15 heteroatoms. The predicted octanol–water partition coefficient (Wildman–Crippen LogP) is 2.68. The first kappa shape index (κ1) is 27.8.